The van der Waals surface area contributed by atoms with Crippen LogP contribution in [0.15, 0.2) is 36.7 Å². The molecule has 0 fully saturated rings. The van der Waals surface area contributed by atoms with Gasteiger partial charge in [-0.15, -0.1) is 0 Å². The Morgan fingerprint density at radius 2 is 2.00 bits per heavy atom. The average Bonchev–Trinajstić information content (AvgIpc) is 2.28. The number of aromatic nitrogens is 1. The summed E-state index contributed by atoms with van der Waals surface area (Å²) in [6, 6.07) is 7.72. The lowest BCUT2D eigenvalue weighted by Gasteiger charge is -2.12. The number of pyridine rings is 1. The Morgan fingerprint density at radius 1 is 1.24 bits per heavy atom. The Kier molecular flexibility index (Phi) is 3.07. The minimum absolute atomic E-state index is 0.0463. The van der Waals surface area contributed by atoms with Crippen molar-refractivity contribution in [3.63, 3.8) is 0 Å². The van der Waals surface area contributed by atoms with Crippen LogP contribution in [0.5, 0.6) is 0 Å². The Balaban J connectivity index is 2.60. The highest BCUT2D eigenvalue weighted by Crippen LogP contribution is 2.36. The molecule has 1 aromatic carbocycles. The van der Waals surface area contributed by atoms with Crippen LogP contribution >= 0.6 is 11.6 Å². The summed E-state index contributed by atoms with van der Waals surface area (Å²) in [5.41, 5.74) is -0.496. The maximum absolute atomic E-state index is 12.8. The van der Waals surface area contributed by atoms with Crippen molar-refractivity contribution in [2.45, 2.75) is 6.18 Å². The molecule has 1 aromatic heterocycles. The number of nitrogens with zero attached hydrogens (tertiary/aromatic N) is 1. The molecule has 17 heavy (non-hydrogen) atoms. The predicted molar refractivity (Wildman–Crippen MR) is 58.5 cm³/mol. The smallest absolute Gasteiger partial charge is 0.263 e. The summed E-state index contributed by atoms with van der Waals surface area (Å²) in [5, 5.41) is 0.285. The summed E-state index contributed by atoms with van der Waals surface area (Å²) in [5.74, 6) is 0. The van der Waals surface area contributed by atoms with E-state index in [1.165, 1.54) is 30.6 Å². The third-order valence-electron chi connectivity index (χ3n) is 2.16. The molecule has 2 aromatic rings. The van der Waals surface area contributed by atoms with Gasteiger partial charge in [0.2, 0.25) is 0 Å². The van der Waals surface area contributed by atoms with Crippen LogP contribution in [0.25, 0.3) is 11.1 Å². The fourth-order valence-electron chi connectivity index (χ4n) is 1.46. The number of rotatable bonds is 1. The maximum atomic E-state index is 12.8. The van der Waals surface area contributed by atoms with Gasteiger partial charge in [0, 0.05) is 23.5 Å². The molecule has 1 heterocycles. The number of halogens is 4. The highest BCUT2D eigenvalue weighted by Gasteiger charge is 2.33. The van der Waals surface area contributed by atoms with Crippen molar-refractivity contribution in [2.24, 2.45) is 0 Å². The first-order valence-corrected chi connectivity index (χ1v) is 5.05. The van der Waals surface area contributed by atoms with Gasteiger partial charge in [0.1, 0.15) is 0 Å². The van der Waals surface area contributed by atoms with Crippen LogP contribution in [-0.4, -0.2) is 4.98 Å². The summed E-state index contributed by atoms with van der Waals surface area (Å²) in [6.45, 7) is 0. The highest BCUT2D eigenvalue weighted by molar-refractivity contribution is 6.30. The van der Waals surface area contributed by atoms with Crippen molar-refractivity contribution < 1.29 is 13.2 Å². The van der Waals surface area contributed by atoms with Gasteiger partial charge in [-0.25, -0.2) is 0 Å². The molecule has 2 rings (SSSR count). The summed E-state index contributed by atoms with van der Waals surface area (Å²) in [7, 11) is 0. The van der Waals surface area contributed by atoms with Crippen LogP contribution in [0.1, 0.15) is 5.56 Å². The van der Waals surface area contributed by atoms with E-state index in [-0.39, 0.29) is 10.6 Å². The monoisotopic (exact) mass is 256 g/mol. The highest BCUT2D eigenvalue weighted by atomic mass is 35.5. The summed E-state index contributed by atoms with van der Waals surface area (Å²) >= 11 is 5.70. The SMILES string of the molecule is FC(F)(F)c1ccc[c]c1-c1cncc(Cl)c1. The molecular weight excluding hydrogens is 251 g/mol. The van der Waals surface area contributed by atoms with Gasteiger partial charge in [-0.1, -0.05) is 23.7 Å². The Bertz CT molecular complexity index is 537. The van der Waals surface area contributed by atoms with E-state index in [0.717, 1.165) is 6.07 Å². The summed E-state index contributed by atoms with van der Waals surface area (Å²) in [4.78, 5) is 3.76. The van der Waals surface area contributed by atoms with Gasteiger partial charge < -0.3 is 0 Å². The Morgan fingerprint density at radius 3 is 2.65 bits per heavy atom. The lowest BCUT2D eigenvalue weighted by molar-refractivity contribution is -0.137. The van der Waals surface area contributed by atoms with Crippen molar-refractivity contribution in [3.05, 3.63) is 53.3 Å². The average molecular weight is 257 g/mol. The molecule has 0 saturated carbocycles. The van der Waals surface area contributed by atoms with Crippen molar-refractivity contribution in [3.8, 4) is 11.1 Å². The molecule has 0 atom stereocenters. The van der Waals surface area contributed by atoms with Crippen molar-refractivity contribution >= 4 is 11.6 Å². The zero-order valence-corrected chi connectivity index (χ0v) is 9.18. The molecule has 0 saturated heterocycles. The molecule has 87 valence electrons. The van der Waals surface area contributed by atoms with Crippen LogP contribution in [0.4, 0.5) is 13.2 Å². The van der Waals surface area contributed by atoms with E-state index in [2.05, 4.69) is 11.1 Å². The number of alkyl halides is 3. The first kappa shape index (κ1) is 11.9. The van der Waals surface area contributed by atoms with Crippen molar-refractivity contribution in [1.82, 2.24) is 4.98 Å². The third kappa shape index (κ3) is 2.58. The van der Waals surface area contributed by atoms with Gasteiger partial charge >= 0.3 is 6.18 Å². The molecule has 0 aliphatic rings. The fourth-order valence-corrected chi connectivity index (χ4v) is 1.63. The van der Waals surface area contributed by atoms with E-state index >= 15 is 0 Å². The number of benzene rings is 1. The van der Waals surface area contributed by atoms with Crippen molar-refractivity contribution in [2.75, 3.05) is 0 Å². The first-order valence-electron chi connectivity index (χ1n) is 4.67. The quantitative estimate of drug-likeness (QED) is 0.744. The lowest BCUT2D eigenvalue weighted by atomic mass is 10.0. The second kappa shape index (κ2) is 4.37. The molecular formula is C12H6ClF3N. The minimum atomic E-state index is -4.42. The zero-order valence-electron chi connectivity index (χ0n) is 8.42. The standard InChI is InChI=1S/C12H6ClF3N/c13-9-5-8(6-17-7-9)10-3-1-2-4-11(10)12(14,15)16/h1-2,4-7H. The molecule has 1 radical (unpaired) electrons. The minimum Gasteiger partial charge on any atom is -0.263 e. The van der Waals surface area contributed by atoms with E-state index in [1.54, 1.807) is 0 Å². The molecule has 0 unspecified atom stereocenters. The van der Waals surface area contributed by atoms with Gasteiger partial charge in [-0.05, 0) is 18.2 Å². The zero-order chi connectivity index (χ0) is 12.5. The molecule has 1 nitrogen and oxygen atoms in total. The van der Waals surface area contributed by atoms with E-state index < -0.39 is 11.7 Å². The molecule has 0 aliphatic carbocycles. The third-order valence-corrected chi connectivity index (χ3v) is 2.36. The molecule has 0 amide bonds. The van der Waals surface area contributed by atoms with E-state index in [1.807, 2.05) is 0 Å². The van der Waals surface area contributed by atoms with E-state index in [4.69, 9.17) is 11.6 Å². The lowest BCUT2D eigenvalue weighted by Crippen LogP contribution is -2.07. The number of hydrogen-bond donors (Lipinski definition) is 0. The summed E-state index contributed by atoms with van der Waals surface area (Å²) in [6.07, 6.45) is -1.73. The molecule has 0 N–H and O–H groups in total. The van der Waals surface area contributed by atoms with Gasteiger partial charge in [0.15, 0.2) is 0 Å². The van der Waals surface area contributed by atoms with E-state index in [0.29, 0.717) is 5.56 Å². The normalized spacial score (nSPS) is 11.5. The van der Waals surface area contributed by atoms with Crippen LogP contribution < -0.4 is 0 Å². The molecule has 0 spiro atoms. The van der Waals surface area contributed by atoms with E-state index in [9.17, 15) is 13.2 Å². The van der Waals surface area contributed by atoms with Crippen molar-refractivity contribution in [1.29, 1.82) is 0 Å². The fraction of sp³-hybridized carbons (Fsp3) is 0.0833. The van der Waals surface area contributed by atoms with Gasteiger partial charge in [-0.2, -0.15) is 13.2 Å². The second-order valence-corrected chi connectivity index (χ2v) is 3.78. The Labute approximate surface area is 101 Å². The first-order chi connectivity index (χ1) is 7.98. The van der Waals surface area contributed by atoms with Gasteiger partial charge in [0.25, 0.3) is 0 Å². The van der Waals surface area contributed by atoms with Crippen LogP contribution in [0.2, 0.25) is 5.02 Å². The van der Waals surface area contributed by atoms with Crippen LogP contribution in [-0.2, 0) is 6.18 Å². The molecule has 0 aliphatic heterocycles. The topological polar surface area (TPSA) is 12.9 Å². The largest absolute Gasteiger partial charge is 0.417 e. The Hall–Kier alpha value is -1.55. The maximum Gasteiger partial charge on any atom is 0.417 e. The second-order valence-electron chi connectivity index (χ2n) is 3.35. The van der Waals surface area contributed by atoms with Crippen LogP contribution in [0, 0.1) is 6.07 Å². The predicted octanol–water partition coefficient (Wildman–Crippen LogP) is 4.22. The number of hydrogen-bond acceptors (Lipinski definition) is 1. The molecule has 0 bridgehead atoms. The van der Waals surface area contributed by atoms with Crippen LogP contribution in [0.3, 0.4) is 0 Å². The summed E-state index contributed by atoms with van der Waals surface area (Å²) < 4.78 is 38.3. The molecule has 5 heteroatoms. The van der Waals surface area contributed by atoms with Gasteiger partial charge in [0.05, 0.1) is 10.6 Å². The van der Waals surface area contributed by atoms with Gasteiger partial charge in [-0.3, -0.25) is 4.98 Å².